The lowest BCUT2D eigenvalue weighted by Crippen LogP contribution is -2.41. The van der Waals surface area contributed by atoms with Crippen LogP contribution in [-0.2, 0) is 4.74 Å². The van der Waals surface area contributed by atoms with Crippen LogP contribution in [0.15, 0.2) is 36.7 Å². The SMILES string of the molecule is COc1ccc(OC)c(C(c2ccncc2)N2CC[C@@H](NC(=O)OC(C)(C)C)C2)c1O. The van der Waals surface area contributed by atoms with Gasteiger partial charge < -0.3 is 24.6 Å². The van der Waals surface area contributed by atoms with Crippen molar-refractivity contribution < 1.29 is 24.1 Å². The van der Waals surface area contributed by atoms with E-state index < -0.39 is 11.7 Å². The van der Waals surface area contributed by atoms with Crippen LogP contribution in [-0.4, -0.2) is 60.0 Å². The second kappa shape index (κ2) is 9.43. The monoisotopic (exact) mass is 429 g/mol. The lowest BCUT2D eigenvalue weighted by atomic mass is 9.95. The first-order valence-corrected chi connectivity index (χ1v) is 10.3. The lowest BCUT2D eigenvalue weighted by molar-refractivity contribution is 0.0505. The number of methoxy groups -OCH3 is 2. The summed E-state index contributed by atoms with van der Waals surface area (Å²) in [4.78, 5) is 18.6. The van der Waals surface area contributed by atoms with Crippen LogP contribution in [0.2, 0.25) is 0 Å². The summed E-state index contributed by atoms with van der Waals surface area (Å²) in [7, 11) is 3.09. The molecule has 1 aromatic heterocycles. The number of carbonyl (C=O) groups excluding carboxylic acids is 1. The third kappa shape index (κ3) is 5.38. The van der Waals surface area contributed by atoms with E-state index in [0.717, 1.165) is 12.0 Å². The van der Waals surface area contributed by atoms with Crippen molar-refractivity contribution in [3.63, 3.8) is 0 Å². The van der Waals surface area contributed by atoms with E-state index in [1.807, 2.05) is 32.9 Å². The fourth-order valence-electron chi connectivity index (χ4n) is 3.90. The molecule has 3 rings (SSSR count). The van der Waals surface area contributed by atoms with Gasteiger partial charge in [0, 0.05) is 31.5 Å². The van der Waals surface area contributed by atoms with Crippen LogP contribution >= 0.6 is 0 Å². The molecule has 1 aliphatic rings. The highest BCUT2D eigenvalue weighted by Gasteiger charge is 2.35. The van der Waals surface area contributed by atoms with E-state index >= 15 is 0 Å². The zero-order valence-electron chi connectivity index (χ0n) is 18.7. The second-order valence-corrected chi connectivity index (χ2v) is 8.54. The van der Waals surface area contributed by atoms with Crippen LogP contribution in [0, 0.1) is 0 Å². The Balaban J connectivity index is 1.92. The highest BCUT2D eigenvalue weighted by atomic mass is 16.6. The Morgan fingerprint density at radius 2 is 1.81 bits per heavy atom. The fraction of sp³-hybridized carbons (Fsp3) is 0.478. The maximum atomic E-state index is 12.2. The van der Waals surface area contributed by atoms with E-state index in [-0.39, 0.29) is 17.8 Å². The number of phenols is 1. The van der Waals surface area contributed by atoms with Crippen molar-refractivity contribution in [3.8, 4) is 17.2 Å². The molecule has 1 fully saturated rings. The van der Waals surface area contributed by atoms with Crippen LogP contribution in [0.4, 0.5) is 4.79 Å². The Morgan fingerprint density at radius 1 is 1.16 bits per heavy atom. The summed E-state index contributed by atoms with van der Waals surface area (Å²) < 4.78 is 16.3. The number of ether oxygens (including phenoxy) is 3. The molecule has 0 radical (unpaired) electrons. The second-order valence-electron chi connectivity index (χ2n) is 8.54. The first-order valence-electron chi connectivity index (χ1n) is 10.3. The lowest BCUT2D eigenvalue weighted by Gasteiger charge is -2.31. The van der Waals surface area contributed by atoms with Crippen molar-refractivity contribution in [2.75, 3.05) is 27.3 Å². The molecule has 0 spiro atoms. The molecule has 2 heterocycles. The molecule has 0 saturated carbocycles. The van der Waals surface area contributed by atoms with Gasteiger partial charge >= 0.3 is 6.09 Å². The minimum Gasteiger partial charge on any atom is -0.504 e. The van der Waals surface area contributed by atoms with Crippen molar-refractivity contribution in [1.82, 2.24) is 15.2 Å². The molecule has 1 aromatic carbocycles. The molecule has 31 heavy (non-hydrogen) atoms. The minimum atomic E-state index is -0.554. The first kappa shape index (κ1) is 22.7. The number of likely N-dealkylation sites (tertiary alicyclic amines) is 1. The van der Waals surface area contributed by atoms with Crippen molar-refractivity contribution in [1.29, 1.82) is 0 Å². The molecule has 0 aliphatic carbocycles. The van der Waals surface area contributed by atoms with Crippen molar-refractivity contribution in [2.24, 2.45) is 0 Å². The van der Waals surface area contributed by atoms with Crippen molar-refractivity contribution in [3.05, 3.63) is 47.8 Å². The van der Waals surface area contributed by atoms with Gasteiger partial charge in [-0.05, 0) is 57.0 Å². The van der Waals surface area contributed by atoms with Gasteiger partial charge in [-0.25, -0.2) is 4.79 Å². The molecule has 168 valence electrons. The largest absolute Gasteiger partial charge is 0.504 e. The molecular weight excluding hydrogens is 398 g/mol. The smallest absolute Gasteiger partial charge is 0.407 e. The number of pyridine rings is 1. The summed E-state index contributed by atoms with van der Waals surface area (Å²) in [5, 5.41) is 14.0. The quantitative estimate of drug-likeness (QED) is 0.726. The number of rotatable bonds is 6. The number of nitrogens with zero attached hydrogens (tertiary/aromatic N) is 2. The molecule has 8 heteroatoms. The molecule has 2 aromatic rings. The average Bonchev–Trinajstić information content (AvgIpc) is 3.16. The normalized spacial score (nSPS) is 17.8. The van der Waals surface area contributed by atoms with Crippen LogP contribution in [0.3, 0.4) is 0 Å². The summed E-state index contributed by atoms with van der Waals surface area (Å²) in [5.41, 5.74) is 1.02. The van der Waals surface area contributed by atoms with E-state index in [0.29, 0.717) is 30.2 Å². The molecule has 1 saturated heterocycles. The van der Waals surface area contributed by atoms with Gasteiger partial charge in [0.05, 0.1) is 25.8 Å². The predicted octanol–water partition coefficient (Wildman–Crippen LogP) is 3.49. The van der Waals surface area contributed by atoms with Crippen LogP contribution in [0.5, 0.6) is 17.2 Å². The summed E-state index contributed by atoms with van der Waals surface area (Å²) >= 11 is 0. The number of amides is 1. The van der Waals surface area contributed by atoms with Crippen LogP contribution in [0.1, 0.15) is 44.4 Å². The number of alkyl carbamates (subject to hydrolysis) is 1. The van der Waals surface area contributed by atoms with Gasteiger partial charge in [0.25, 0.3) is 0 Å². The van der Waals surface area contributed by atoms with E-state index in [1.165, 1.54) is 7.11 Å². The Hall–Kier alpha value is -3.00. The molecule has 2 atom stereocenters. The van der Waals surface area contributed by atoms with Gasteiger partial charge in [-0.15, -0.1) is 0 Å². The predicted molar refractivity (Wildman–Crippen MR) is 117 cm³/mol. The standard InChI is InChI=1S/C23H31N3O5/c1-23(2,3)31-22(28)25-16-10-13-26(14-16)20(15-8-11-24-12-9-15)19-17(29-4)6-7-18(30-5)21(19)27/h6-9,11-12,16,20,27H,10,13-14H2,1-5H3,(H,25,28)/t16-,20?/m1/s1. The Bertz CT molecular complexity index is 898. The van der Waals surface area contributed by atoms with Gasteiger partial charge in [0.2, 0.25) is 0 Å². The van der Waals surface area contributed by atoms with Crippen LogP contribution in [0.25, 0.3) is 0 Å². The summed E-state index contributed by atoms with van der Waals surface area (Å²) in [6.45, 7) is 6.82. The summed E-state index contributed by atoms with van der Waals surface area (Å²) in [6.07, 6.45) is 3.77. The molecule has 1 amide bonds. The number of carbonyl (C=O) groups is 1. The van der Waals surface area contributed by atoms with E-state index in [4.69, 9.17) is 14.2 Å². The number of hydrogen-bond donors (Lipinski definition) is 2. The number of phenolic OH excluding ortho intramolecular Hbond substituents is 1. The summed E-state index contributed by atoms with van der Waals surface area (Å²) in [5.74, 6) is 0.966. The average molecular weight is 430 g/mol. The van der Waals surface area contributed by atoms with Gasteiger partial charge in [-0.2, -0.15) is 0 Å². The third-order valence-electron chi connectivity index (χ3n) is 5.18. The van der Waals surface area contributed by atoms with Crippen molar-refractivity contribution >= 4 is 6.09 Å². The minimum absolute atomic E-state index is 0.0345. The van der Waals surface area contributed by atoms with E-state index in [1.54, 1.807) is 31.6 Å². The maximum Gasteiger partial charge on any atom is 0.407 e. The van der Waals surface area contributed by atoms with E-state index in [2.05, 4.69) is 15.2 Å². The van der Waals surface area contributed by atoms with Crippen molar-refractivity contribution in [2.45, 2.75) is 44.9 Å². The Labute approximate surface area is 183 Å². The highest BCUT2D eigenvalue weighted by molar-refractivity contribution is 5.68. The first-order chi connectivity index (χ1) is 14.7. The van der Waals surface area contributed by atoms with E-state index in [9.17, 15) is 9.90 Å². The zero-order valence-corrected chi connectivity index (χ0v) is 18.7. The summed E-state index contributed by atoms with van der Waals surface area (Å²) in [6, 6.07) is 6.92. The number of aromatic nitrogens is 1. The number of aromatic hydroxyl groups is 1. The fourth-order valence-corrected chi connectivity index (χ4v) is 3.90. The Kier molecular flexibility index (Phi) is 6.90. The van der Waals surface area contributed by atoms with Gasteiger partial charge in [0.15, 0.2) is 11.5 Å². The van der Waals surface area contributed by atoms with Gasteiger partial charge in [-0.1, -0.05) is 0 Å². The van der Waals surface area contributed by atoms with Gasteiger partial charge in [-0.3, -0.25) is 9.88 Å². The number of nitrogens with one attached hydrogen (secondary N) is 1. The highest BCUT2D eigenvalue weighted by Crippen LogP contribution is 2.45. The molecule has 2 N–H and O–H groups in total. The molecule has 0 bridgehead atoms. The molecule has 1 unspecified atom stereocenters. The molecular formula is C23H31N3O5. The van der Waals surface area contributed by atoms with Crippen LogP contribution < -0.4 is 14.8 Å². The topological polar surface area (TPSA) is 93.2 Å². The number of benzene rings is 1. The van der Waals surface area contributed by atoms with Gasteiger partial charge in [0.1, 0.15) is 11.4 Å². The maximum absolute atomic E-state index is 12.2. The zero-order chi connectivity index (χ0) is 22.6. The third-order valence-corrected chi connectivity index (χ3v) is 5.18. The molecule has 8 nitrogen and oxygen atoms in total. The molecule has 1 aliphatic heterocycles. The Morgan fingerprint density at radius 3 is 2.42 bits per heavy atom. The number of hydrogen-bond acceptors (Lipinski definition) is 7.